The summed E-state index contributed by atoms with van der Waals surface area (Å²) in [6.45, 7) is 1.18. The molecule has 6 nitrogen and oxygen atoms in total. The van der Waals surface area contributed by atoms with Crippen LogP contribution in [0.25, 0.3) is 11.4 Å². The first-order valence-corrected chi connectivity index (χ1v) is 8.09. The molecule has 3 heterocycles. The van der Waals surface area contributed by atoms with Crippen molar-refractivity contribution < 1.29 is 14.0 Å². The lowest BCUT2D eigenvalue weighted by molar-refractivity contribution is 0.169. The van der Waals surface area contributed by atoms with Crippen molar-refractivity contribution in [3.63, 3.8) is 0 Å². The van der Waals surface area contributed by atoms with Crippen LogP contribution in [0.1, 0.15) is 23.9 Å². The van der Waals surface area contributed by atoms with Gasteiger partial charge in [0.05, 0.1) is 12.1 Å². The van der Waals surface area contributed by atoms with Crippen LogP contribution in [0.5, 0.6) is 0 Å². The number of halogens is 1. The monoisotopic (exact) mass is 340 g/mol. The molecule has 2 unspecified atom stereocenters. The van der Waals surface area contributed by atoms with E-state index in [1.807, 2.05) is 12.1 Å². The summed E-state index contributed by atoms with van der Waals surface area (Å²) in [5.41, 5.74) is 1.74. The summed E-state index contributed by atoms with van der Waals surface area (Å²) >= 11 is 0. The van der Waals surface area contributed by atoms with Crippen LogP contribution in [0.2, 0.25) is 0 Å². The standard InChI is InChI=1S/C18H17FN4O2/c19-14-5-3-13(4-6-14)17-21-18(25-22-17)16-8-15(24)11-23(16)10-12-2-1-7-20-9-12/h1-7,9,15-16,24H,8,10-11H2. The molecule has 4 rings (SSSR count). The maximum absolute atomic E-state index is 13.1. The third-order valence-electron chi connectivity index (χ3n) is 4.32. The highest BCUT2D eigenvalue weighted by Crippen LogP contribution is 2.33. The number of hydrogen-bond donors (Lipinski definition) is 1. The Morgan fingerprint density at radius 1 is 1.24 bits per heavy atom. The lowest BCUT2D eigenvalue weighted by Crippen LogP contribution is -2.24. The van der Waals surface area contributed by atoms with E-state index in [2.05, 4.69) is 20.0 Å². The Morgan fingerprint density at radius 2 is 2.08 bits per heavy atom. The summed E-state index contributed by atoms with van der Waals surface area (Å²) in [6, 6.07) is 9.67. The predicted molar refractivity (Wildman–Crippen MR) is 87.7 cm³/mol. The van der Waals surface area contributed by atoms with Crippen molar-refractivity contribution in [2.24, 2.45) is 0 Å². The largest absolute Gasteiger partial charge is 0.392 e. The molecule has 7 heteroatoms. The Bertz CT molecular complexity index is 838. The van der Waals surface area contributed by atoms with E-state index in [4.69, 9.17) is 4.52 Å². The maximum atomic E-state index is 13.1. The molecule has 3 aromatic rings. The average molecular weight is 340 g/mol. The number of likely N-dealkylation sites (tertiary alicyclic amines) is 1. The Kier molecular flexibility index (Phi) is 4.25. The summed E-state index contributed by atoms with van der Waals surface area (Å²) in [6.07, 6.45) is 3.63. The van der Waals surface area contributed by atoms with Gasteiger partial charge in [-0.05, 0) is 42.3 Å². The molecule has 2 atom stereocenters. The zero-order chi connectivity index (χ0) is 17.2. The maximum Gasteiger partial charge on any atom is 0.244 e. The molecular weight excluding hydrogens is 323 g/mol. The number of benzene rings is 1. The summed E-state index contributed by atoms with van der Waals surface area (Å²) in [5.74, 6) is 0.562. The smallest absolute Gasteiger partial charge is 0.244 e. The van der Waals surface area contributed by atoms with Crippen LogP contribution in [-0.2, 0) is 6.54 Å². The van der Waals surface area contributed by atoms with Crippen molar-refractivity contribution in [1.29, 1.82) is 0 Å². The molecule has 0 saturated carbocycles. The molecule has 1 aliphatic rings. The number of nitrogens with zero attached hydrogens (tertiary/aromatic N) is 4. The second-order valence-corrected chi connectivity index (χ2v) is 6.16. The fraction of sp³-hybridized carbons (Fsp3) is 0.278. The molecule has 25 heavy (non-hydrogen) atoms. The molecule has 0 bridgehead atoms. The summed E-state index contributed by atoms with van der Waals surface area (Å²) in [7, 11) is 0. The topological polar surface area (TPSA) is 75.3 Å². The van der Waals surface area contributed by atoms with E-state index in [1.54, 1.807) is 24.5 Å². The molecule has 1 aliphatic heterocycles. The van der Waals surface area contributed by atoms with Crippen LogP contribution in [0.3, 0.4) is 0 Å². The first-order chi connectivity index (χ1) is 12.2. The third-order valence-corrected chi connectivity index (χ3v) is 4.32. The average Bonchev–Trinajstić information content (AvgIpc) is 3.23. The van der Waals surface area contributed by atoms with Gasteiger partial charge in [0, 0.05) is 31.0 Å². The van der Waals surface area contributed by atoms with Crippen LogP contribution in [0.4, 0.5) is 4.39 Å². The van der Waals surface area contributed by atoms with Crippen LogP contribution in [-0.4, -0.2) is 37.8 Å². The van der Waals surface area contributed by atoms with Gasteiger partial charge in [-0.15, -0.1) is 0 Å². The fourth-order valence-corrected chi connectivity index (χ4v) is 3.12. The highest BCUT2D eigenvalue weighted by molar-refractivity contribution is 5.53. The van der Waals surface area contributed by atoms with Crippen molar-refractivity contribution in [1.82, 2.24) is 20.0 Å². The van der Waals surface area contributed by atoms with Crippen LogP contribution >= 0.6 is 0 Å². The van der Waals surface area contributed by atoms with E-state index in [1.165, 1.54) is 12.1 Å². The quantitative estimate of drug-likeness (QED) is 0.787. The minimum Gasteiger partial charge on any atom is -0.392 e. The number of β-amino-alcohol motifs (C(OH)–C–C–N with tert-alkyl or cyclic N) is 1. The van der Waals surface area contributed by atoms with Crippen molar-refractivity contribution in [2.75, 3.05) is 6.54 Å². The van der Waals surface area contributed by atoms with Gasteiger partial charge in [0.1, 0.15) is 5.82 Å². The van der Waals surface area contributed by atoms with E-state index in [0.29, 0.717) is 36.8 Å². The van der Waals surface area contributed by atoms with Gasteiger partial charge >= 0.3 is 0 Å². The van der Waals surface area contributed by atoms with E-state index < -0.39 is 6.10 Å². The second-order valence-electron chi connectivity index (χ2n) is 6.16. The summed E-state index contributed by atoms with van der Waals surface area (Å²) < 4.78 is 18.5. The zero-order valence-electron chi connectivity index (χ0n) is 13.4. The number of rotatable bonds is 4. The van der Waals surface area contributed by atoms with Gasteiger partial charge in [0.25, 0.3) is 0 Å². The fourth-order valence-electron chi connectivity index (χ4n) is 3.12. The van der Waals surface area contributed by atoms with Gasteiger partial charge in [-0.1, -0.05) is 11.2 Å². The van der Waals surface area contributed by atoms with Crippen LogP contribution in [0, 0.1) is 5.82 Å². The van der Waals surface area contributed by atoms with Crippen molar-refractivity contribution in [3.8, 4) is 11.4 Å². The number of pyridine rings is 1. The van der Waals surface area contributed by atoms with Crippen molar-refractivity contribution in [2.45, 2.75) is 25.1 Å². The first-order valence-electron chi connectivity index (χ1n) is 8.09. The number of aliphatic hydroxyl groups excluding tert-OH is 1. The van der Waals surface area contributed by atoms with Gasteiger partial charge in [0.15, 0.2) is 0 Å². The highest BCUT2D eigenvalue weighted by atomic mass is 19.1. The molecule has 2 aromatic heterocycles. The second kappa shape index (κ2) is 6.70. The predicted octanol–water partition coefficient (Wildman–Crippen LogP) is 2.58. The molecule has 0 aliphatic carbocycles. The lowest BCUT2D eigenvalue weighted by Gasteiger charge is -2.20. The molecule has 1 fully saturated rings. The van der Waals surface area contributed by atoms with E-state index in [0.717, 1.165) is 5.56 Å². The highest BCUT2D eigenvalue weighted by Gasteiger charge is 2.35. The molecule has 128 valence electrons. The van der Waals surface area contributed by atoms with Crippen molar-refractivity contribution >= 4 is 0 Å². The lowest BCUT2D eigenvalue weighted by atomic mass is 10.2. The Hall–Kier alpha value is -2.64. The molecule has 1 saturated heterocycles. The number of hydrogen-bond acceptors (Lipinski definition) is 6. The number of aliphatic hydroxyl groups is 1. The molecule has 0 radical (unpaired) electrons. The molecular formula is C18H17FN4O2. The Balaban J connectivity index is 1.56. The third kappa shape index (κ3) is 3.42. The summed E-state index contributed by atoms with van der Waals surface area (Å²) in [4.78, 5) is 10.7. The van der Waals surface area contributed by atoms with Gasteiger partial charge in [0.2, 0.25) is 11.7 Å². The van der Waals surface area contributed by atoms with E-state index in [9.17, 15) is 9.50 Å². The minimum atomic E-state index is -0.442. The SMILES string of the molecule is OC1CC(c2nc(-c3ccc(F)cc3)no2)N(Cc2cccnc2)C1. The molecule has 0 amide bonds. The Labute approximate surface area is 143 Å². The molecule has 1 aromatic carbocycles. The summed E-state index contributed by atoms with van der Waals surface area (Å²) in [5, 5.41) is 14.1. The van der Waals surface area contributed by atoms with E-state index >= 15 is 0 Å². The van der Waals surface area contributed by atoms with Crippen LogP contribution in [0.15, 0.2) is 53.3 Å². The molecule has 1 N–H and O–H groups in total. The Morgan fingerprint density at radius 3 is 2.84 bits per heavy atom. The van der Waals surface area contributed by atoms with E-state index in [-0.39, 0.29) is 11.9 Å². The van der Waals surface area contributed by atoms with Gasteiger partial charge in [-0.3, -0.25) is 9.88 Å². The zero-order valence-corrected chi connectivity index (χ0v) is 13.4. The van der Waals surface area contributed by atoms with Crippen molar-refractivity contribution in [3.05, 3.63) is 66.1 Å². The van der Waals surface area contributed by atoms with Crippen LogP contribution < -0.4 is 0 Å². The van der Waals surface area contributed by atoms with Gasteiger partial charge < -0.3 is 9.63 Å². The van der Waals surface area contributed by atoms with Gasteiger partial charge in [-0.2, -0.15) is 4.98 Å². The normalized spacial score (nSPS) is 20.9. The molecule has 0 spiro atoms. The number of aromatic nitrogens is 3. The minimum absolute atomic E-state index is 0.156. The first kappa shape index (κ1) is 15.9. The van der Waals surface area contributed by atoms with Gasteiger partial charge in [-0.25, -0.2) is 4.39 Å².